The molecule has 4 rings (SSSR count). The Labute approximate surface area is 163 Å². The largest absolute Gasteiger partial charge is 0.336 e. The zero-order valence-electron chi connectivity index (χ0n) is 15.5. The third kappa shape index (κ3) is 3.73. The molecule has 3 aromatic rings. The molecule has 1 aliphatic heterocycles. The predicted octanol–water partition coefficient (Wildman–Crippen LogP) is 2.32. The van der Waals surface area contributed by atoms with Crippen molar-refractivity contribution in [2.24, 2.45) is 0 Å². The maximum atomic E-state index is 12.7. The number of hydrogen-bond donors (Lipinski definition) is 1. The molecule has 1 saturated heterocycles. The summed E-state index contributed by atoms with van der Waals surface area (Å²) in [6, 6.07) is 21.0. The monoisotopic (exact) mass is 374 g/mol. The van der Waals surface area contributed by atoms with E-state index in [0.717, 1.165) is 13.1 Å². The molecule has 1 fully saturated rings. The first-order chi connectivity index (χ1) is 13.7. The lowest BCUT2D eigenvalue weighted by Crippen LogP contribution is -2.50. The van der Waals surface area contributed by atoms with Gasteiger partial charge >= 0.3 is 0 Å². The maximum absolute atomic E-state index is 12.7. The van der Waals surface area contributed by atoms with E-state index in [0.29, 0.717) is 13.1 Å². The molecule has 28 heavy (non-hydrogen) atoms. The van der Waals surface area contributed by atoms with Crippen LogP contribution < -0.4 is 5.56 Å². The number of carbonyl (C=O) groups is 1. The molecule has 1 amide bonds. The number of nitrogens with zero attached hydrogens (tertiary/aromatic N) is 3. The van der Waals surface area contributed by atoms with Crippen LogP contribution in [-0.2, 0) is 0 Å². The van der Waals surface area contributed by atoms with Crippen LogP contribution in [-0.4, -0.2) is 51.9 Å². The lowest BCUT2D eigenvalue weighted by molar-refractivity contribution is 0.0595. The van der Waals surface area contributed by atoms with Gasteiger partial charge in [-0.3, -0.25) is 14.5 Å². The molecule has 0 bridgehead atoms. The molecule has 0 spiro atoms. The molecule has 1 aliphatic rings. The second kappa shape index (κ2) is 8.19. The third-order valence-electron chi connectivity index (χ3n) is 5.15. The van der Waals surface area contributed by atoms with Crippen molar-refractivity contribution in [2.75, 3.05) is 26.2 Å². The number of hydrogen-bond acceptors (Lipinski definition) is 4. The topological polar surface area (TPSA) is 69.3 Å². The fourth-order valence-corrected chi connectivity index (χ4v) is 3.73. The molecule has 0 saturated carbocycles. The highest BCUT2D eigenvalue weighted by molar-refractivity contribution is 5.93. The Bertz CT molecular complexity index is 940. The molecule has 6 heteroatoms. The maximum Gasteiger partial charge on any atom is 0.263 e. The molecule has 1 aromatic heterocycles. The Hall–Kier alpha value is -3.25. The molecule has 0 aliphatic carbocycles. The molecule has 0 unspecified atom stereocenters. The number of rotatable bonds is 4. The van der Waals surface area contributed by atoms with E-state index in [2.05, 4.69) is 63.4 Å². The van der Waals surface area contributed by atoms with Gasteiger partial charge in [-0.15, -0.1) is 0 Å². The minimum absolute atomic E-state index is 0.0959. The van der Waals surface area contributed by atoms with Crippen molar-refractivity contribution >= 4 is 5.91 Å². The number of aromatic amines is 1. The van der Waals surface area contributed by atoms with E-state index in [1.165, 1.54) is 23.7 Å². The van der Waals surface area contributed by atoms with Crippen molar-refractivity contribution in [1.29, 1.82) is 0 Å². The molecular formula is C22H22N4O2. The Balaban J connectivity index is 1.53. The fraction of sp³-hybridized carbons (Fsp3) is 0.227. The van der Waals surface area contributed by atoms with Gasteiger partial charge < -0.3 is 9.88 Å². The van der Waals surface area contributed by atoms with Gasteiger partial charge in [-0.2, -0.15) is 0 Å². The number of aromatic nitrogens is 2. The zero-order chi connectivity index (χ0) is 19.3. The Morgan fingerprint density at radius 2 is 1.46 bits per heavy atom. The van der Waals surface area contributed by atoms with Gasteiger partial charge in [0, 0.05) is 32.4 Å². The molecule has 0 atom stereocenters. The second-order valence-corrected chi connectivity index (χ2v) is 6.85. The number of nitrogens with one attached hydrogen (secondary N) is 1. The first kappa shape index (κ1) is 18.1. The van der Waals surface area contributed by atoms with Crippen molar-refractivity contribution in [3.05, 3.63) is 100 Å². The number of amides is 1. The predicted molar refractivity (Wildman–Crippen MR) is 107 cm³/mol. The van der Waals surface area contributed by atoms with E-state index in [4.69, 9.17) is 0 Å². The number of H-pyrrole nitrogens is 1. The van der Waals surface area contributed by atoms with Gasteiger partial charge in [0.25, 0.3) is 11.5 Å². The summed E-state index contributed by atoms with van der Waals surface area (Å²) in [4.78, 5) is 35.0. The zero-order valence-corrected chi connectivity index (χ0v) is 15.5. The van der Waals surface area contributed by atoms with E-state index >= 15 is 0 Å². The van der Waals surface area contributed by atoms with Crippen LogP contribution in [0.4, 0.5) is 0 Å². The highest BCUT2D eigenvalue weighted by Gasteiger charge is 2.29. The molecule has 6 nitrogen and oxygen atoms in total. The first-order valence-corrected chi connectivity index (χ1v) is 9.40. The van der Waals surface area contributed by atoms with Crippen LogP contribution >= 0.6 is 0 Å². The van der Waals surface area contributed by atoms with Crippen LogP contribution in [0.1, 0.15) is 27.5 Å². The van der Waals surface area contributed by atoms with Crippen LogP contribution in [0, 0.1) is 0 Å². The van der Waals surface area contributed by atoms with E-state index in [1.807, 2.05) is 12.1 Å². The van der Waals surface area contributed by atoms with Gasteiger partial charge in [0.1, 0.15) is 5.56 Å². The van der Waals surface area contributed by atoms with Crippen molar-refractivity contribution < 1.29 is 4.79 Å². The number of carbonyl (C=O) groups excluding carboxylic acids is 1. The van der Waals surface area contributed by atoms with E-state index in [1.54, 1.807) is 4.90 Å². The fourth-order valence-electron chi connectivity index (χ4n) is 3.73. The smallest absolute Gasteiger partial charge is 0.263 e. The first-order valence-electron chi connectivity index (χ1n) is 9.40. The Kier molecular flexibility index (Phi) is 5.30. The summed E-state index contributed by atoms with van der Waals surface area (Å²) in [7, 11) is 0. The summed E-state index contributed by atoms with van der Waals surface area (Å²) in [6.07, 6.45) is 2.63. The minimum Gasteiger partial charge on any atom is -0.336 e. The average Bonchev–Trinajstić information content (AvgIpc) is 2.76. The van der Waals surface area contributed by atoms with Crippen molar-refractivity contribution in [1.82, 2.24) is 19.8 Å². The summed E-state index contributed by atoms with van der Waals surface area (Å²) >= 11 is 0. The minimum atomic E-state index is -0.395. The number of benzene rings is 2. The summed E-state index contributed by atoms with van der Waals surface area (Å²) in [6.45, 7) is 2.61. The molecule has 2 heterocycles. The lowest BCUT2D eigenvalue weighted by atomic mass is 9.96. The van der Waals surface area contributed by atoms with Crippen molar-refractivity contribution in [3.63, 3.8) is 0 Å². The average molecular weight is 374 g/mol. The summed E-state index contributed by atoms with van der Waals surface area (Å²) in [5.74, 6) is -0.259. The Morgan fingerprint density at radius 3 is 2.00 bits per heavy atom. The van der Waals surface area contributed by atoms with Crippen molar-refractivity contribution in [3.8, 4) is 0 Å². The van der Waals surface area contributed by atoms with E-state index in [9.17, 15) is 9.59 Å². The van der Waals surface area contributed by atoms with Crippen LogP contribution in [0.2, 0.25) is 0 Å². The number of piperazine rings is 1. The van der Waals surface area contributed by atoms with Crippen molar-refractivity contribution in [2.45, 2.75) is 6.04 Å². The van der Waals surface area contributed by atoms with Crippen LogP contribution in [0.5, 0.6) is 0 Å². The molecule has 0 radical (unpaired) electrons. The second-order valence-electron chi connectivity index (χ2n) is 6.85. The van der Waals surface area contributed by atoms with Crippen LogP contribution in [0.3, 0.4) is 0 Å². The summed E-state index contributed by atoms with van der Waals surface area (Å²) in [5, 5.41) is 0. The quantitative estimate of drug-likeness (QED) is 0.761. The van der Waals surface area contributed by atoms with Gasteiger partial charge in [-0.05, 0) is 11.1 Å². The highest BCUT2D eigenvalue weighted by atomic mass is 16.2. The van der Waals surface area contributed by atoms with Gasteiger partial charge in [-0.25, -0.2) is 4.98 Å². The molecule has 2 aromatic carbocycles. The van der Waals surface area contributed by atoms with Gasteiger partial charge in [0.2, 0.25) is 0 Å². The SMILES string of the molecule is O=C(c1cnc[nH]c1=O)N1CCN(C(c2ccccc2)c2ccccc2)CC1. The Morgan fingerprint density at radius 1 is 0.893 bits per heavy atom. The normalized spacial score (nSPS) is 15.0. The van der Waals surface area contributed by atoms with Crippen LogP contribution in [0.25, 0.3) is 0 Å². The highest BCUT2D eigenvalue weighted by Crippen LogP contribution is 2.29. The van der Waals surface area contributed by atoms with E-state index < -0.39 is 5.56 Å². The van der Waals surface area contributed by atoms with Gasteiger partial charge in [0.05, 0.1) is 12.4 Å². The molecule has 142 valence electrons. The standard InChI is InChI=1S/C22H22N4O2/c27-21-19(15-23-16-24-21)22(28)26-13-11-25(12-14-26)20(17-7-3-1-4-8-17)18-9-5-2-6-10-18/h1-10,15-16,20H,11-14H2,(H,23,24,27). The lowest BCUT2D eigenvalue weighted by Gasteiger charge is -2.39. The molecular weight excluding hydrogens is 352 g/mol. The summed E-state index contributed by atoms with van der Waals surface area (Å²) in [5.41, 5.74) is 2.17. The molecule has 1 N–H and O–H groups in total. The third-order valence-corrected chi connectivity index (χ3v) is 5.15. The summed E-state index contributed by atoms with van der Waals surface area (Å²) < 4.78 is 0. The van der Waals surface area contributed by atoms with Crippen LogP contribution in [0.15, 0.2) is 78.0 Å². The van der Waals surface area contributed by atoms with E-state index in [-0.39, 0.29) is 17.5 Å². The van der Waals surface area contributed by atoms with Gasteiger partial charge in [-0.1, -0.05) is 60.7 Å². The van der Waals surface area contributed by atoms with Gasteiger partial charge in [0.15, 0.2) is 0 Å².